The summed E-state index contributed by atoms with van der Waals surface area (Å²) >= 11 is 0. The molecular weight excluding hydrogens is 519 g/mol. The summed E-state index contributed by atoms with van der Waals surface area (Å²) in [5.41, 5.74) is 0.936. The molecule has 0 saturated heterocycles. The zero-order chi connectivity index (χ0) is 27.8. The van der Waals surface area contributed by atoms with E-state index < -0.39 is 28.1 Å². The fraction of sp³-hybridized carbons (Fsp3) is 0.174. The summed E-state index contributed by atoms with van der Waals surface area (Å²) in [6.07, 6.45) is -3.79. The van der Waals surface area contributed by atoms with E-state index in [9.17, 15) is 31.5 Å². The maximum atomic E-state index is 12.6. The highest BCUT2D eigenvalue weighted by Gasteiger charge is 2.38. The third-order valence-electron chi connectivity index (χ3n) is 4.59. The van der Waals surface area contributed by atoms with E-state index in [0.29, 0.717) is 12.3 Å². The number of methoxy groups -OCH3 is 1. The van der Waals surface area contributed by atoms with Gasteiger partial charge in [-0.2, -0.15) is 13.2 Å². The highest BCUT2D eigenvalue weighted by atomic mass is 32.2. The number of nitrogens with zero attached hydrogens (tertiary/aromatic N) is 2. The van der Waals surface area contributed by atoms with E-state index in [1.807, 2.05) is 30.3 Å². The van der Waals surface area contributed by atoms with Gasteiger partial charge in [0.05, 0.1) is 23.9 Å². The zero-order valence-corrected chi connectivity index (χ0v) is 20.2. The smallest absolute Gasteiger partial charge is 0.490 e. The van der Waals surface area contributed by atoms with E-state index in [-0.39, 0.29) is 22.0 Å². The van der Waals surface area contributed by atoms with Crippen molar-refractivity contribution in [2.45, 2.75) is 17.6 Å². The Labute approximate surface area is 210 Å². The molecule has 1 heterocycles. The number of ether oxygens (including phenoxy) is 1. The topological polar surface area (TPSA) is 146 Å². The first-order valence-electron chi connectivity index (χ1n) is 10.2. The van der Waals surface area contributed by atoms with Gasteiger partial charge in [0, 0.05) is 13.6 Å². The molecule has 0 aliphatic heterocycles. The molecule has 14 heteroatoms. The number of hydrogen-bond acceptors (Lipinski definition) is 7. The first-order valence-corrected chi connectivity index (χ1v) is 11.7. The molecule has 10 nitrogen and oxygen atoms in total. The van der Waals surface area contributed by atoms with Gasteiger partial charge in [-0.1, -0.05) is 30.3 Å². The molecule has 0 bridgehead atoms. The number of alkyl halides is 3. The third-order valence-corrected chi connectivity index (χ3v) is 5.98. The van der Waals surface area contributed by atoms with Gasteiger partial charge in [0.15, 0.2) is 0 Å². The summed E-state index contributed by atoms with van der Waals surface area (Å²) < 4.78 is 64.3. The number of benzene rings is 2. The van der Waals surface area contributed by atoms with Gasteiger partial charge in [-0.15, -0.1) is 0 Å². The lowest BCUT2D eigenvalue weighted by molar-refractivity contribution is -0.192. The van der Waals surface area contributed by atoms with Gasteiger partial charge in [-0.05, 0) is 35.9 Å². The first-order chi connectivity index (χ1) is 17.2. The van der Waals surface area contributed by atoms with Crippen molar-refractivity contribution < 1.29 is 46.1 Å². The minimum Gasteiger partial charge on any atom is -0.497 e. The summed E-state index contributed by atoms with van der Waals surface area (Å²) in [7, 11) is -0.706. The monoisotopic (exact) mass is 541 g/mol. The van der Waals surface area contributed by atoms with Gasteiger partial charge in [-0.25, -0.2) is 23.0 Å². The third kappa shape index (κ3) is 8.38. The maximum Gasteiger partial charge on any atom is 0.490 e. The van der Waals surface area contributed by atoms with Crippen LogP contribution in [0.4, 0.5) is 24.7 Å². The number of aromatic carboxylic acids is 1. The number of pyridine rings is 1. The van der Waals surface area contributed by atoms with Crippen LogP contribution >= 0.6 is 0 Å². The van der Waals surface area contributed by atoms with Crippen LogP contribution in [-0.4, -0.2) is 55.9 Å². The molecule has 3 rings (SSSR count). The number of aliphatic carboxylic acids is 1. The molecule has 0 atom stereocenters. The number of halogens is 3. The summed E-state index contributed by atoms with van der Waals surface area (Å²) in [6.45, 7) is 0.449. The van der Waals surface area contributed by atoms with Crippen molar-refractivity contribution in [2.24, 2.45) is 0 Å². The highest BCUT2D eigenvalue weighted by molar-refractivity contribution is 7.92. The summed E-state index contributed by atoms with van der Waals surface area (Å²) in [5.74, 6) is -3.20. The molecule has 0 aliphatic rings. The molecule has 0 spiro atoms. The van der Waals surface area contributed by atoms with E-state index >= 15 is 0 Å². The molecule has 1 aromatic heterocycles. The van der Waals surface area contributed by atoms with Crippen LogP contribution in [0.1, 0.15) is 15.9 Å². The van der Waals surface area contributed by atoms with Crippen LogP contribution in [-0.2, 0) is 21.4 Å². The Balaban J connectivity index is 0.000000604. The second-order valence-corrected chi connectivity index (χ2v) is 9.01. The Morgan fingerprint density at radius 3 is 2.11 bits per heavy atom. The molecule has 37 heavy (non-hydrogen) atoms. The molecule has 0 unspecified atom stereocenters. The van der Waals surface area contributed by atoms with E-state index in [1.54, 1.807) is 11.9 Å². The van der Waals surface area contributed by atoms with Crippen LogP contribution in [0, 0.1) is 0 Å². The van der Waals surface area contributed by atoms with Crippen LogP contribution in [0.15, 0.2) is 71.8 Å². The van der Waals surface area contributed by atoms with E-state index in [0.717, 1.165) is 5.56 Å². The Kier molecular flexibility index (Phi) is 9.43. The number of carboxylic acid groups (broad SMARTS) is 2. The molecule has 3 N–H and O–H groups in total. The molecule has 198 valence electrons. The molecule has 0 amide bonds. The summed E-state index contributed by atoms with van der Waals surface area (Å²) in [5, 5.41) is 16.7. The number of carboxylic acids is 2. The van der Waals surface area contributed by atoms with Gasteiger partial charge >= 0.3 is 18.1 Å². The molecule has 0 radical (unpaired) electrons. The SMILES string of the molecule is COc1ccc(S(=O)(=O)Nc2cnc(N(C)Cc3ccccc3)c(C(=O)O)c2)cc1.O=C(O)C(F)(F)F. The van der Waals surface area contributed by atoms with Gasteiger partial charge in [0.1, 0.15) is 17.1 Å². The lowest BCUT2D eigenvalue weighted by Crippen LogP contribution is -2.21. The van der Waals surface area contributed by atoms with Crippen molar-refractivity contribution in [3.63, 3.8) is 0 Å². The molecule has 0 aliphatic carbocycles. The van der Waals surface area contributed by atoms with Crippen LogP contribution in [0.2, 0.25) is 0 Å². The minimum atomic E-state index is -5.08. The number of nitrogens with one attached hydrogen (secondary N) is 1. The number of carbonyl (C=O) groups is 2. The number of hydrogen-bond donors (Lipinski definition) is 3. The lowest BCUT2D eigenvalue weighted by atomic mass is 10.2. The van der Waals surface area contributed by atoms with Crippen molar-refractivity contribution in [1.29, 1.82) is 0 Å². The van der Waals surface area contributed by atoms with Crippen molar-refractivity contribution in [1.82, 2.24) is 4.98 Å². The summed E-state index contributed by atoms with van der Waals surface area (Å²) in [6, 6.07) is 16.6. The van der Waals surface area contributed by atoms with Crippen molar-refractivity contribution in [3.05, 3.63) is 78.0 Å². The maximum absolute atomic E-state index is 12.6. The second kappa shape index (κ2) is 12.1. The predicted octanol–water partition coefficient (Wildman–Crippen LogP) is 3.86. The lowest BCUT2D eigenvalue weighted by Gasteiger charge is -2.20. The van der Waals surface area contributed by atoms with Crippen LogP contribution in [0.5, 0.6) is 5.75 Å². The zero-order valence-electron chi connectivity index (χ0n) is 19.4. The van der Waals surface area contributed by atoms with Crippen LogP contribution in [0.25, 0.3) is 0 Å². The fourth-order valence-corrected chi connectivity index (χ4v) is 3.91. The number of rotatable bonds is 8. The summed E-state index contributed by atoms with van der Waals surface area (Å²) in [4.78, 5) is 26.6. The predicted molar refractivity (Wildman–Crippen MR) is 127 cm³/mol. The molecule has 3 aromatic rings. The fourth-order valence-electron chi connectivity index (χ4n) is 2.88. The molecular formula is C23H22F3N3O7S. The number of anilines is 2. The van der Waals surface area contributed by atoms with Gasteiger partial charge in [0.2, 0.25) is 0 Å². The van der Waals surface area contributed by atoms with Crippen molar-refractivity contribution in [2.75, 3.05) is 23.8 Å². The average molecular weight is 542 g/mol. The quantitative estimate of drug-likeness (QED) is 0.387. The van der Waals surface area contributed by atoms with Crippen molar-refractivity contribution >= 4 is 33.5 Å². The molecule has 0 saturated carbocycles. The van der Waals surface area contributed by atoms with Crippen molar-refractivity contribution in [3.8, 4) is 5.75 Å². The molecule has 2 aromatic carbocycles. The van der Waals surface area contributed by atoms with E-state index in [2.05, 4.69) is 9.71 Å². The Morgan fingerprint density at radius 1 is 1.05 bits per heavy atom. The second-order valence-electron chi connectivity index (χ2n) is 7.33. The normalized spacial score (nSPS) is 11.1. The van der Waals surface area contributed by atoms with E-state index in [4.69, 9.17) is 14.6 Å². The number of sulfonamides is 1. The number of aromatic nitrogens is 1. The van der Waals surface area contributed by atoms with Gasteiger partial charge < -0.3 is 19.8 Å². The Bertz CT molecular complexity index is 1330. The minimum absolute atomic E-state index is 0.0189. The van der Waals surface area contributed by atoms with Crippen LogP contribution in [0.3, 0.4) is 0 Å². The first kappa shape index (κ1) is 28.9. The molecule has 0 fully saturated rings. The standard InChI is InChI=1S/C21H21N3O5S.C2HF3O2/c1-24(14-15-6-4-3-5-7-15)20-19(21(25)26)12-16(13-22-20)23-30(27,28)18-10-8-17(29-2)9-11-18;3-2(4,5)1(6)7/h3-13,23H,14H2,1-2H3,(H,25,26);(H,6,7). The highest BCUT2D eigenvalue weighted by Crippen LogP contribution is 2.24. The largest absolute Gasteiger partial charge is 0.497 e. The van der Waals surface area contributed by atoms with Crippen LogP contribution < -0.4 is 14.4 Å². The van der Waals surface area contributed by atoms with Gasteiger partial charge in [-0.3, -0.25) is 4.72 Å². The van der Waals surface area contributed by atoms with Gasteiger partial charge in [0.25, 0.3) is 10.0 Å². The Morgan fingerprint density at radius 2 is 1.62 bits per heavy atom. The van der Waals surface area contributed by atoms with E-state index in [1.165, 1.54) is 43.6 Å². The Hall–Kier alpha value is -4.33. The average Bonchev–Trinajstić information content (AvgIpc) is 2.84.